The molecule has 98 valence electrons. The van der Waals surface area contributed by atoms with E-state index in [1.165, 1.54) is 5.56 Å². The highest BCUT2D eigenvalue weighted by Crippen LogP contribution is 2.19. The van der Waals surface area contributed by atoms with Crippen LogP contribution in [0.4, 0.5) is 0 Å². The number of hydrogen-bond donors (Lipinski definition) is 2. The van der Waals surface area contributed by atoms with Gasteiger partial charge in [-0.05, 0) is 30.6 Å². The van der Waals surface area contributed by atoms with E-state index in [1.54, 1.807) is 11.8 Å². The normalized spacial score (nSPS) is 22.3. The van der Waals surface area contributed by atoms with Crippen molar-refractivity contribution in [2.45, 2.75) is 31.4 Å². The second kappa shape index (κ2) is 6.81. The molecule has 1 saturated carbocycles. The lowest BCUT2D eigenvalue weighted by atomic mass is 9.89. The molecule has 2 N–H and O–H groups in total. The Morgan fingerprint density at radius 2 is 2.06 bits per heavy atom. The van der Waals surface area contributed by atoms with Crippen LogP contribution in [-0.2, 0) is 11.2 Å². The molecule has 0 spiro atoms. The molecule has 4 heteroatoms. The monoisotopic (exact) mass is 265 g/mol. The van der Waals surface area contributed by atoms with Gasteiger partial charge < -0.3 is 10.4 Å². The molecule has 3 nitrogen and oxygen atoms in total. The smallest absolute Gasteiger partial charge is 0.230 e. The average Bonchev–Trinajstić information content (AvgIpc) is 2.34. The molecule has 1 aromatic rings. The fourth-order valence-corrected chi connectivity index (χ4v) is 2.77. The van der Waals surface area contributed by atoms with Crippen molar-refractivity contribution in [1.82, 2.24) is 5.32 Å². The molecule has 18 heavy (non-hydrogen) atoms. The highest BCUT2D eigenvalue weighted by atomic mass is 32.2. The first-order valence-electron chi connectivity index (χ1n) is 6.33. The van der Waals surface area contributed by atoms with Gasteiger partial charge in [-0.2, -0.15) is 11.8 Å². The number of carbonyl (C=O) groups excluding carboxylic acids is 1. The molecule has 1 aromatic carbocycles. The summed E-state index contributed by atoms with van der Waals surface area (Å²) in [6.07, 6.45) is 2.21. The van der Waals surface area contributed by atoms with Crippen LogP contribution in [0.3, 0.4) is 0 Å². The molecule has 0 aliphatic heterocycles. The average molecular weight is 265 g/mol. The van der Waals surface area contributed by atoms with Crippen molar-refractivity contribution in [3.8, 4) is 0 Å². The molecule has 2 rings (SSSR count). The first kappa shape index (κ1) is 13.4. The van der Waals surface area contributed by atoms with Crippen LogP contribution in [0.15, 0.2) is 30.3 Å². The third-order valence-electron chi connectivity index (χ3n) is 3.09. The molecule has 1 aliphatic rings. The molecule has 0 aromatic heterocycles. The summed E-state index contributed by atoms with van der Waals surface area (Å²) in [7, 11) is 0. The van der Waals surface area contributed by atoms with Gasteiger partial charge in [-0.1, -0.05) is 30.3 Å². The van der Waals surface area contributed by atoms with Gasteiger partial charge in [0.25, 0.3) is 0 Å². The minimum atomic E-state index is -0.207. The van der Waals surface area contributed by atoms with Crippen LogP contribution in [-0.4, -0.2) is 34.7 Å². The van der Waals surface area contributed by atoms with Crippen molar-refractivity contribution in [1.29, 1.82) is 0 Å². The van der Waals surface area contributed by atoms with Gasteiger partial charge in [0, 0.05) is 6.04 Å². The zero-order valence-corrected chi connectivity index (χ0v) is 11.2. The summed E-state index contributed by atoms with van der Waals surface area (Å²) in [6, 6.07) is 10.5. The maximum Gasteiger partial charge on any atom is 0.230 e. The lowest BCUT2D eigenvalue weighted by Gasteiger charge is -2.31. The molecule has 0 atom stereocenters. The molecule has 1 aliphatic carbocycles. The summed E-state index contributed by atoms with van der Waals surface area (Å²) in [5, 5.41) is 12.0. The predicted molar refractivity (Wildman–Crippen MR) is 74.6 cm³/mol. The zero-order valence-electron chi connectivity index (χ0n) is 10.3. The Morgan fingerprint density at radius 3 is 2.72 bits per heavy atom. The Bertz CT molecular complexity index is 377. The van der Waals surface area contributed by atoms with Crippen LogP contribution in [0.1, 0.15) is 18.4 Å². The molecular weight excluding hydrogens is 246 g/mol. The van der Waals surface area contributed by atoms with Gasteiger partial charge in [0.15, 0.2) is 0 Å². The van der Waals surface area contributed by atoms with Crippen molar-refractivity contribution < 1.29 is 9.90 Å². The molecule has 0 heterocycles. The molecule has 0 saturated heterocycles. The van der Waals surface area contributed by atoms with Crippen LogP contribution < -0.4 is 5.32 Å². The molecule has 0 bridgehead atoms. The number of thioether (sulfide) groups is 1. The molecule has 1 amide bonds. The Kier molecular flexibility index (Phi) is 5.08. The van der Waals surface area contributed by atoms with Crippen LogP contribution >= 0.6 is 11.8 Å². The van der Waals surface area contributed by atoms with Crippen molar-refractivity contribution in [2.24, 2.45) is 0 Å². The predicted octanol–water partition coefficient (Wildman–Crippen LogP) is 1.60. The van der Waals surface area contributed by atoms with E-state index in [1.807, 2.05) is 18.2 Å². The van der Waals surface area contributed by atoms with Crippen LogP contribution in [0, 0.1) is 0 Å². The van der Waals surface area contributed by atoms with E-state index in [2.05, 4.69) is 17.4 Å². The van der Waals surface area contributed by atoms with Crippen LogP contribution in [0.5, 0.6) is 0 Å². The summed E-state index contributed by atoms with van der Waals surface area (Å²) < 4.78 is 0. The van der Waals surface area contributed by atoms with E-state index < -0.39 is 0 Å². The molecule has 0 unspecified atom stereocenters. The first-order valence-corrected chi connectivity index (χ1v) is 7.48. The lowest BCUT2D eigenvalue weighted by molar-refractivity contribution is -0.120. The second-order valence-corrected chi connectivity index (χ2v) is 5.78. The van der Waals surface area contributed by atoms with E-state index in [4.69, 9.17) is 5.11 Å². The van der Waals surface area contributed by atoms with Crippen LogP contribution in [0.2, 0.25) is 0 Å². The fourth-order valence-electron chi connectivity index (χ4n) is 1.97. The van der Waals surface area contributed by atoms with E-state index >= 15 is 0 Å². The Labute approximate surface area is 112 Å². The van der Waals surface area contributed by atoms with Crippen molar-refractivity contribution in [3.63, 3.8) is 0 Å². The molecule has 1 fully saturated rings. The standard InChI is InChI=1S/C14H19NO2S/c16-13-8-12(9-13)15-14(17)10-18-7-6-11-4-2-1-3-5-11/h1-5,12-13,16H,6-10H2,(H,15,17). The Hall–Kier alpha value is -1.00. The number of aryl methyl sites for hydroxylation is 1. The topological polar surface area (TPSA) is 49.3 Å². The Balaban J connectivity index is 1.54. The number of rotatable bonds is 6. The van der Waals surface area contributed by atoms with E-state index in [9.17, 15) is 4.79 Å². The van der Waals surface area contributed by atoms with Gasteiger partial charge in [-0.3, -0.25) is 4.79 Å². The van der Waals surface area contributed by atoms with Gasteiger partial charge in [0.1, 0.15) is 0 Å². The summed E-state index contributed by atoms with van der Waals surface area (Å²) >= 11 is 1.66. The molecule has 0 radical (unpaired) electrons. The quantitative estimate of drug-likeness (QED) is 0.768. The van der Waals surface area contributed by atoms with Gasteiger partial charge >= 0.3 is 0 Å². The number of nitrogens with one attached hydrogen (secondary N) is 1. The second-order valence-electron chi connectivity index (χ2n) is 4.68. The number of aliphatic hydroxyl groups excluding tert-OH is 1. The summed E-state index contributed by atoms with van der Waals surface area (Å²) in [4.78, 5) is 11.6. The van der Waals surface area contributed by atoms with Gasteiger partial charge in [-0.15, -0.1) is 0 Å². The van der Waals surface area contributed by atoms with E-state index in [-0.39, 0.29) is 18.1 Å². The number of carbonyl (C=O) groups is 1. The van der Waals surface area contributed by atoms with Crippen LogP contribution in [0.25, 0.3) is 0 Å². The maximum absolute atomic E-state index is 11.6. The summed E-state index contributed by atoms with van der Waals surface area (Å²) in [6.45, 7) is 0. The van der Waals surface area contributed by atoms with Gasteiger partial charge in [-0.25, -0.2) is 0 Å². The third-order valence-corrected chi connectivity index (χ3v) is 4.05. The zero-order chi connectivity index (χ0) is 12.8. The number of amides is 1. The van der Waals surface area contributed by atoms with Crippen molar-refractivity contribution in [2.75, 3.05) is 11.5 Å². The number of hydrogen-bond acceptors (Lipinski definition) is 3. The number of benzene rings is 1. The SMILES string of the molecule is O=C(CSCCc1ccccc1)NC1CC(O)C1. The first-order chi connectivity index (χ1) is 8.74. The summed E-state index contributed by atoms with van der Waals surface area (Å²) in [5.41, 5.74) is 1.31. The van der Waals surface area contributed by atoms with E-state index in [0.717, 1.165) is 12.2 Å². The fraction of sp³-hybridized carbons (Fsp3) is 0.500. The van der Waals surface area contributed by atoms with E-state index in [0.29, 0.717) is 18.6 Å². The van der Waals surface area contributed by atoms with Crippen molar-refractivity contribution in [3.05, 3.63) is 35.9 Å². The maximum atomic E-state index is 11.6. The summed E-state index contributed by atoms with van der Waals surface area (Å²) in [5.74, 6) is 1.56. The third kappa shape index (κ3) is 4.35. The Morgan fingerprint density at radius 1 is 1.33 bits per heavy atom. The van der Waals surface area contributed by atoms with Crippen molar-refractivity contribution >= 4 is 17.7 Å². The minimum absolute atomic E-state index is 0.0879. The van der Waals surface area contributed by atoms with Gasteiger partial charge in [0.05, 0.1) is 11.9 Å². The number of aliphatic hydroxyl groups is 1. The lowest BCUT2D eigenvalue weighted by Crippen LogP contribution is -2.47. The minimum Gasteiger partial charge on any atom is -0.393 e. The van der Waals surface area contributed by atoms with Gasteiger partial charge in [0.2, 0.25) is 5.91 Å². The largest absolute Gasteiger partial charge is 0.393 e. The molecular formula is C14H19NO2S. The highest BCUT2D eigenvalue weighted by molar-refractivity contribution is 7.99. The highest BCUT2D eigenvalue weighted by Gasteiger charge is 2.27.